The molecule has 2 aromatic carbocycles. The molecule has 5 heteroatoms. The summed E-state index contributed by atoms with van der Waals surface area (Å²) >= 11 is 0. The molecule has 1 aliphatic rings. The number of nitrogens with zero attached hydrogens (tertiary/aromatic N) is 3. The number of hydrogen-bond acceptors (Lipinski definition) is 3. The van der Waals surface area contributed by atoms with Gasteiger partial charge in [-0.05, 0) is 54.9 Å². The van der Waals surface area contributed by atoms with Crippen LogP contribution in [0.3, 0.4) is 0 Å². The van der Waals surface area contributed by atoms with Crippen LogP contribution in [0.5, 0.6) is 0 Å². The third-order valence-electron chi connectivity index (χ3n) is 4.78. The highest BCUT2D eigenvalue weighted by Crippen LogP contribution is 2.32. The van der Waals surface area contributed by atoms with Crippen molar-refractivity contribution >= 4 is 22.5 Å². The zero-order valence-corrected chi connectivity index (χ0v) is 14.6. The number of hydrogen-bond donors (Lipinski definition) is 1. The molecule has 4 rings (SSSR count). The van der Waals surface area contributed by atoms with E-state index in [0.717, 1.165) is 31.3 Å². The molecule has 0 saturated carbocycles. The van der Waals surface area contributed by atoms with Crippen molar-refractivity contribution in [1.29, 1.82) is 0 Å². The fraction of sp³-hybridized carbons (Fsp3) is 0.300. The standard InChI is InChI=1S/C20H22N4O/c1-23(2)12-13-24-11-10-18(22-24)21-20(25)17-9-8-15-7-6-14-4-3-5-16(17)19(14)15/h3-5,8-11H,6-7,12-13H2,1-2H3,(H,21,22,25). The maximum absolute atomic E-state index is 12.8. The van der Waals surface area contributed by atoms with E-state index in [4.69, 9.17) is 0 Å². The Morgan fingerprint density at radius 3 is 2.76 bits per heavy atom. The molecule has 1 N–H and O–H groups in total. The monoisotopic (exact) mass is 334 g/mol. The van der Waals surface area contributed by atoms with Gasteiger partial charge in [-0.1, -0.05) is 24.3 Å². The lowest BCUT2D eigenvalue weighted by molar-refractivity contribution is 0.102. The van der Waals surface area contributed by atoms with Crippen LogP contribution in [0.15, 0.2) is 42.6 Å². The number of rotatable bonds is 5. The molecule has 0 unspecified atom stereocenters. The van der Waals surface area contributed by atoms with Crippen molar-refractivity contribution in [2.75, 3.05) is 26.0 Å². The Morgan fingerprint density at radius 1 is 1.16 bits per heavy atom. The first-order valence-corrected chi connectivity index (χ1v) is 8.65. The van der Waals surface area contributed by atoms with Gasteiger partial charge >= 0.3 is 0 Å². The van der Waals surface area contributed by atoms with Crippen molar-refractivity contribution in [2.45, 2.75) is 19.4 Å². The van der Waals surface area contributed by atoms with Gasteiger partial charge in [0.1, 0.15) is 0 Å². The van der Waals surface area contributed by atoms with E-state index in [1.165, 1.54) is 16.5 Å². The highest BCUT2D eigenvalue weighted by molar-refractivity contribution is 6.14. The first-order chi connectivity index (χ1) is 12.1. The first kappa shape index (κ1) is 15.8. The number of aryl methyl sites for hydroxylation is 2. The molecule has 1 aromatic heterocycles. The summed E-state index contributed by atoms with van der Waals surface area (Å²) in [5, 5.41) is 9.66. The number of anilines is 1. The Labute approximate surface area is 147 Å². The van der Waals surface area contributed by atoms with E-state index in [2.05, 4.69) is 27.4 Å². The average molecular weight is 334 g/mol. The van der Waals surface area contributed by atoms with Crippen LogP contribution in [0.1, 0.15) is 21.5 Å². The second-order valence-corrected chi connectivity index (χ2v) is 6.83. The SMILES string of the molecule is CN(C)CCn1ccc(NC(=O)c2ccc3c4c(cccc24)CC3)n1. The molecule has 0 fully saturated rings. The Balaban J connectivity index is 1.57. The van der Waals surface area contributed by atoms with Gasteiger partial charge in [0.05, 0.1) is 6.54 Å². The Hall–Kier alpha value is -2.66. The second-order valence-electron chi connectivity index (χ2n) is 6.83. The lowest BCUT2D eigenvalue weighted by atomic mass is 9.99. The van der Waals surface area contributed by atoms with Crippen LogP contribution in [-0.2, 0) is 19.4 Å². The van der Waals surface area contributed by atoms with Crippen LogP contribution in [0, 0.1) is 0 Å². The van der Waals surface area contributed by atoms with Crippen molar-refractivity contribution in [2.24, 2.45) is 0 Å². The van der Waals surface area contributed by atoms with Crippen LogP contribution in [-0.4, -0.2) is 41.2 Å². The number of nitrogens with one attached hydrogen (secondary N) is 1. The number of likely N-dealkylation sites (N-methyl/N-ethyl adjacent to an activating group) is 1. The van der Waals surface area contributed by atoms with E-state index in [1.54, 1.807) is 0 Å². The summed E-state index contributed by atoms with van der Waals surface area (Å²) in [5.74, 6) is 0.487. The molecule has 0 radical (unpaired) electrons. The van der Waals surface area contributed by atoms with Gasteiger partial charge in [0, 0.05) is 24.4 Å². The maximum atomic E-state index is 12.8. The van der Waals surface area contributed by atoms with Crippen LogP contribution < -0.4 is 5.32 Å². The Kier molecular flexibility index (Phi) is 4.01. The van der Waals surface area contributed by atoms with Crippen molar-refractivity contribution in [3.05, 3.63) is 59.3 Å². The molecular weight excluding hydrogens is 312 g/mol. The van der Waals surface area contributed by atoms with Gasteiger partial charge in [-0.2, -0.15) is 5.10 Å². The normalized spacial score (nSPS) is 12.9. The van der Waals surface area contributed by atoms with E-state index in [9.17, 15) is 4.79 Å². The van der Waals surface area contributed by atoms with Crippen molar-refractivity contribution in [3.8, 4) is 0 Å². The maximum Gasteiger partial charge on any atom is 0.257 e. The molecule has 1 heterocycles. The number of carbonyl (C=O) groups excluding carboxylic acids is 1. The molecule has 25 heavy (non-hydrogen) atoms. The lowest BCUT2D eigenvalue weighted by Crippen LogP contribution is -2.19. The topological polar surface area (TPSA) is 50.2 Å². The molecule has 5 nitrogen and oxygen atoms in total. The highest BCUT2D eigenvalue weighted by atomic mass is 16.1. The average Bonchev–Trinajstić information content (AvgIpc) is 3.22. The van der Waals surface area contributed by atoms with E-state index >= 15 is 0 Å². The molecule has 1 amide bonds. The molecule has 3 aromatic rings. The second kappa shape index (κ2) is 6.33. The molecule has 0 atom stereocenters. The lowest BCUT2D eigenvalue weighted by Gasteiger charge is -2.09. The summed E-state index contributed by atoms with van der Waals surface area (Å²) in [6, 6.07) is 12.1. The van der Waals surface area contributed by atoms with Crippen molar-refractivity contribution in [1.82, 2.24) is 14.7 Å². The van der Waals surface area contributed by atoms with Crippen molar-refractivity contribution in [3.63, 3.8) is 0 Å². The summed E-state index contributed by atoms with van der Waals surface area (Å²) in [5.41, 5.74) is 3.40. The summed E-state index contributed by atoms with van der Waals surface area (Å²) in [6.45, 7) is 1.70. The van der Waals surface area contributed by atoms with Gasteiger partial charge in [0.15, 0.2) is 5.82 Å². The van der Waals surface area contributed by atoms with Gasteiger partial charge in [-0.25, -0.2) is 0 Å². The predicted octanol–water partition coefficient (Wildman–Crippen LogP) is 2.95. The van der Waals surface area contributed by atoms with Gasteiger partial charge in [-0.15, -0.1) is 0 Å². The fourth-order valence-electron chi connectivity index (χ4n) is 3.48. The zero-order valence-electron chi connectivity index (χ0n) is 14.6. The van der Waals surface area contributed by atoms with Crippen molar-refractivity contribution < 1.29 is 4.79 Å². The van der Waals surface area contributed by atoms with Crippen LogP contribution in [0.25, 0.3) is 10.8 Å². The zero-order chi connectivity index (χ0) is 17.4. The van der Waals surface area contributed by atoms with E-state index in [-0.39, 0.29) is 5.91 Å². The predicted molar refractivity (Wildman–Crippen MR) is 100 cm³/mol. The van der Waals surface area contributed by atoms with Crippen LogP contribution in [0.2, 0.25) is 0 Å². The summed E-state index contributed by atoms with van der Waals surface area (Å²) in [4.78, 5) is 14.9. The van der Waals surface area contributed by atoms with Gasteiger partial charge in [0.2, 0.25) is 0 Å². The third-order valence-corrected chi connectivity index (χ3v) is 4.78. The van der Waals surface area contributed by atoms with E-state index < -0.39 is 0 Å². The van der Waals surface area contributed by atoms with Gasteiger partial charge in [0.25, 0.3) is 5.91 Å². The van der Waals surface area contributed by atoms with Crippen LogP contribution in [0.4, 0.5) is 5.82 Å². The minimum Gasteiger partial charge on any atom is -0.308 e. The summed E-state index contributed by atoms with van der Waals surface area (Å²) in [6.07, 6.45) is 4.02. The van der Waals surface area contributed by atoms with E-state index in [0.29, 0.717) is 11.4 Å². The van der Waals surface area contributed by atoms with Gasteiger partial charge in [-0.3, -0.25) is 9.48 Å². The number of carbonyl (C=O) groups is 1. The number of aromatic nitrogens is 2. The minimum absolute atomic E-state index is 0.103. The quantitative estimate of drug-likeness (QED) is 0.780. The largest absolute Gasteiger partial charge is 0.308 e. The molecule has 0 saturated heterocycles. The summed E-state index contributed by atoms with van der Waals surface area (Å²) < 4.78 is 1.85. The molecule has 128 valence electrons. The molecule has 1 aliphatic carbocycles. The molecule has 0 aliphatic heterocycles. The summed E-state index contributed by atoms with van der Waals surface area (Å²) in [7, 11) is 4.06. The number of amides is 1. The fourth-order valence-corrected chi connectivity index (χ4v) is 3.48. The Bertz CT molecular complexity index is 932. The smallest absolute Gasteiger partial charge is 0.257 e. The number of benzene rings is 2. The van der Waals surface area contributed by atoms with Crippen LogP contribution >= 0.6 is 0 Å². The minimum atomic E-state index is -0.103. The first-order valence-electron chi connectivity index (χ1n) is 8.65. The third kappa shape index (κ3) is 3.03. The van der Waals surface area contributed by atoms with E-state index in [1.807, 2.05) is 49.2 Å². The molecule has 0 spiro atoms. The highest BCUT2D eigenvalue weighted by Gasteiger charge is 2.19. The molecule has 0 bridgehead atoms. The van der Waals surface area contributed by atoms with Gasteiger partial charge < -0.3 is 10.2 Å². The molecular formula is C20H22N4O. The Morgan fingerprint density at radius 2 is 1.96 bits per heavy atom.